The van der Waals surface area contributed by atoms with Gasteiger partial charge in [-0.3, -0.25) is 4.57 Å². The molecule has 0 atom stereocenters. The van der Waals surface area contributed by atoms with Crippen LogP contribution in [0.25, 0.3) is 5.69 Å². The summed E-state index contributed by atoms with van der Waals surface area (Å²) in [6, 6.07) is 7.52. The summed E-state index contributed by atoms with van der Waals surface area (Å²) in [5, 5.41) is 0. The summed E-state index contributed by atoms with van der Waals surface area (Å²) in [4.78, 5) is 4.12. The molecule has 2 rings (SSSR count). The number of nitrogen functional groups attached to an aromatic ring is 2. The van der Waals surface area contributed by atoms with Crippen LogP contribution in [-0.2, 0) is 0 Å². The SMILES string of the molecule is Cc1ncc(N)n1-c1ccc(N)cc1. The Hall–Kier alpha value is -1.97. The van der Waals surface area contributed by atoms with E-state index in [-0.39, 0.29) is 0 Å². The number of hydrogen-bond donors (Lipinski definition) is 2. The highest BCUT2D eigenvalue weighted by Crippen LogP contribution is 2.17. The first-order valence-corrected chi connectivity index (χ1v) is 4.34. The highest BCUT2D eigenvalue weighted by atomic mass is 15.1. The van der Waals surface area contributed by atoms with Crippen molar-refractivity contribution in [2.24, 2.45) is 0 Å². The number of nitrogens with zero attached hydrogens (tertiary/aromatic N) is 2. The van der Waals surface area contributed by atoms with E-state index in [1.807, 2.05) is 35.8 Å². The van der Waals surface area contributed by atoms with Gasteiger partial charge >= 0.3 is 0 Å². The van der Waals surface area contributed by atoms with Crippen molar-refractivity contribution in [3.63, 3.8) is 0 Å². The van der Waals surface area contributed by atoms with Crippen molar-refractivity contribution in [3.05, 3.63) is 36.3 Å². The Balaban J connectivity index is 2.54. The molecule has 72 valence electrons. The van der Waals surface area contributed by atoms with Gasteiger partial charge in [0.15, 0.2) is 0 Å². The monoisotopic (exact) mass is 188 g/mol. The predicted molar refractivity (Wildman–Crippen MR) is 57.1 cm³/mol. The van der Waals surface area contributed by atoms with Gasteiger partial charge in [0, 0.05) is 11.4 Å². The molecule has 14 heavy (non-hydrogen) atoms. The molecule has 1 heterocycles. The van der Waals surface area contributed by atoms with Gasteiger partial charge < -0.3 is 11.5 Å². The normalized spacial score (nSPS) is 10.4. The lowest BCUT2D eigenvalue weighted by Gasteiger charge is -2.07. The fourth-order valence-electron chi connectivity index (χ4n) is 1.42. The van der Waals surface area contributed by atoms with Crippen LogP contribution in [0.15, 0.2) is 30.5 Å². The molecule has 4 N–H and O–H groups in total. The molecule has 0 aliphatic carbocycles. The van der Waals surface area contributed by atoms with E-state index in [1.165, 1.54) is 0 Å². The molecule has 0 saturated heterocycles. The molecule has 4 nitrogen and oxygen atoms in total. The summed E-state index contributed by atoms with van der Waals surface area (Å²) < 4.78 is 1.87. The minimum Gasteiger partial charge on any atom is -0.399 e. The lowest BCUT2D eigenvalue weighted by atomic mass is 10.3. The summed E-state index contributed by atoms with van der Waals surface area (Å²) in [5.41, 5.74) is 13.1. The molecule has 1 aromatic carbocycles. The quantitative estimate of drug-likeness (QED) is 0.663. The molecule has 0 bridgehead atoms. The van der Waals surface area contributed by atoms with Crippen molar-refractivity contribution in [2.75, 3.05) is 11.5 Å². The minimum atomic E-state index is 0.632. The van der Waals surface area contributed by atoms with Gasteiger partial charge in [-0.15, -0.1) is 0 Å². The Bertz CT molecular complexity index is 422. The first-order valence-electron chi connectivity index (χ1n) is 4.34. The number of hydrogen-bond acceptors (Lipinski definition) is 3. The molecule has 0 amide bonds. The van der Waals surface area contributed by atoms with Crippen molar-refractivity contribution in [3.8, 4) is 5.69 Å². The second-order valence-corrected chi connectivity index (χ2v) is 3.16. The van der Waals surface area contributed by atoms with Gasteiger partial charge in [0.2, 0.25) is 0 Å². The van der Waals surface area contributed by atoms with Gasteiger partial charge in [-0.05, 0) is 31.2 Å². The molecular weight excluding hydrogens is 176 g/mol. The summed E-state index contributed by atoms with van der Waals surface area (Å²) in [7, 11) is 0. The van der Waals surface area contributed by atoms with E-state index >= 15 is 0 Å². The Morgan fingerprint density at radius 1 is 1.14 bits per heavy atom. The van der Waals surface area contributed by atoms with Crippen LogP contribution in [0.1, 0.15) is 5.82 Å². The predicted octanol–water partition coefficient (Wildman–Crippen LogP) is 1.35. The maximum Gasteiger partial charge on any atom is 0.128 e. The Labute approximate surface area is 82.2 Å². The summed E-state index contributed by atoms with van der Waals surface area (Å²) in [5.74, 6) is 1.50. The zero-order valence-electron chi connectivity index (χ0n) is 7.94. The van der Waals surface area contributed by atoms with E-state index in [1.54, 1.807) is 6.20 Å². The van der Waals surface area contributed by atoms with Crippen LogP contribution in [0.5, 0.6) is 0 Å². The smallest absolute Gasteiger partial charge is 0.128 e. The van der Waals surface area contributed by atoms with Crippen LogP contribution in [0.3, 0.4) is 0 Å². The van der Waals surface area contributed by atoms with Crippen molar-refractivity contribution in [1.82, 2.24) is 9.55 Å². The lowest BCUT2D eigenvalue weighted by Crippen LogP contribution is -2.01. The molecule has 4 heteroatoms. The fraction of sp³-hybridized carbons (Fsp3) is 0.100. The molecule has 2 aromatic rings. The van der Waals surface area contributed by atoms with E-state index in [9.17, 15) is 0 Å². The molecule has 0 aliphatic rings. The third kappa shape index (κ3) is 1.31. The summed E-state index contributed by atoms with van der Waals surface area (Å²) in [6.45, 7) is 1.91. The van der Waals surface area contributed by atoms with E-state index in [0.717, 1.165) is 17.2 Å². The van der Waals surface area contributed by atoms with Crippen LogP contribution >= 0.6 is 0 Å². The number of aryl methyl sites for hydroxylation is 1. The second-order valence-electron chi connectivity index (χ2n) is 3.16. The minimum absolute atomic E-state index is 0.632. The molecule has 0 fully saturated rings. The standard InChI is InChI=1S/C10H12N4/c1-7-13-6-10(12)14(7)9-4-2-8(11)3-5-9/h2-6H,11-12H2,1H3. The van der Waals surface area contributed by atoms with Gasteiger partial charge in [-0.25, -0.2) is 4.98 Å². The topological polar surface area (TPSA) is 69.9 Å². The fourth-order valence-corrected chi connectivity index (χ4v) is 1.42. The number of rotatable bonds is 1. The number of anilines is 2. The number of imidazole rings is 1. The third-order valence-electron chi connectivity index (χ3n) is 2.12. The summed E-state index contributed by atoms with van der Waals surface area (Å²) >= 11 is 0. The van der Waals surface area contributed by atoms with Crippen LogP contribution in [0.2, 0.25) is 0 Å². The Kier molecular flexibility index (Phi) is 1.89. The molecule has 0 radical (unpaired) electrons. The number of nitrogens with two attached hydrogens (primary N) is 2. The summed E-state index contributed by atoms with van der Waals surface area (Å²) in [6.07, 6.45) is 1.64. The van der Waals surface area contributed by atoms with E-state index in [0.29, 0.717) is 5.82 Å². The van der Waals surface area contributed by atoms with Crippen molar-refractivity contribution in [1.29, 1.82) is 0 Å². The zero-order chi connectivity index (χ0) is 10.1. The van der Waals surface area contributed by atoms with E-state index in [4.69, 9.17) is 11.5 Å². The van der Waals surface area contributed by atoms with Crippen molar-refractivity contribution in [2.45, 2.75) is 6.92 Å². The van der Waals surface area contributed by atoms with Gasteiger partial charge in [-0.1, -0.05) is 0 Å². The number of benzene rings is 1. The highest BCUT2D eigenvalue weighted by Gasteiger charge is 2.04. The van der Waals surface area contributed by atoms with Crippen LogP contribution in [-0.4, -0.2) is 9.55 Å². The van der Waals surface area contributed by atoms with Gasteiger partial charge in [0.25, 0.3) is 0 Å². The molecular formula is C10H12N4. The van der Waals surface area contributed by atoms with E-state index in [2.05, 4.69) is 4.98 Å². The molecule has 1 aromatic heterocycles. The average Bonchev–Trinajstić information content (AvgIpc) is 2.49. The number of aromatic nitrogens is 2. The molecule has 0 spiro atoms. The Morgan fingerprint density at radius 2 is 1.79 bits per heavy atom. The third-order valence-corrected chi connectivity index (χ3v) is 2.12. The first-order chi connectivity index (χ1) is 6.68. The highest BCUT2D eigenvalue weighted by molar-refractivity contribution is 5.49. The average molecular weight is 188 g/mol. The van der Waals surface area contributed by atoms with E-state index < -0.39 is 0 Å². The molecule has 0 unspecified atom stereocenters. The molecule has 0 aliphatic heterocycles. The van der Waals surface area contributed by atoms with Crippen molar-refractivity contribution < 1.29 is 0 Å². The zero-order valence-corrected chi connectivity index (χ0v) is 7.94. The Morgan fingerprint density at radius 3 is 2.29 bits per heavy atom. The maximum atomic E-state index is 5.78. The van der Waals surface area contributed by atoms with Crippen molar-refractivity contribution >= 4 is 11.5 Å². The van der Waals surface area contributed by atoms with Crippen LogP contribution in [0.4, 0.5) is 11.5 Å². The largest absolute Gasteiger partial charge is 0.399 e. The lowest BCUT2D eigenvalue weighted by molar-refractivity contribution is 0.983. The second kappa shape index (κ2) is 3.06. The van der Waals surface area contributed by atoms with Gasteiger partial charge in [0.1, 0.15) is 11.6 Å². The first kappa shape index (κ1) is 8.62. The van der Waals surface area contributed by atoms with Crippen LogP contribution in [0, 0.1) is 6.92 Å². The van der Waals surface area contributed by atoms with Gasteiger partial charge in [-0.2, -0.15) is 0 Å². The molecule has 0 saturated carbocycles. The van der Waals surface area contributed by atoms with Crippen LogP contribution < -0.4 is 11.5 Å². The van der Waals surface area contributed by atoms with Gasteiger partial charge in [0.05, 0.1) is 6.20 Å². The maximum absolute atomic E-state index is 5.78.